The van der Waals surface area contributed by atoms with Crippen molar-refractivity contribution in [3.63, 3.8) is 0 Å². The van der Waals surface area contributed by atoms with E-state index in [1.165, 1.54) is 24.2 Å². The fourth-order valence-corrected chi connectivity index (χ4v) is 4.58. The molecule has 1 aliphatic carbocycles. The standard InChI is InChI=1S/C15H13N3OS3/c19-13(18-15-17-11(8-22-15)9-3-4-9)6-10-7-21-14(16-10)12-2-1-5-20-12/h1-2,5,7-9H,3-4,6H2,(H,17,18,19). The van der Waals surface area contributed by atoms with Crippen LogP contribution < -0.4 is 5.32 Å². The lowest BCUT2D eigenvalue weighted by atomic mass is 10.3. The van der Waals surface area contributed by atoms with Crippen molar-refractivity contribution in [3.05, 3.63) is 39.7 Å². The van der Waals surface area contributed by atoms with Crippen molar-refractivity contribution >= 4 is 45.0 Å². The Kier molecular flexibility index (Phi) is 3.77. The minimum absolute atomic E-state index is 0.0558. The third kappa shape index (κ3) is 3.11. The molecule has 1 amide bonds. The molecule has 3 heterocycles. The van der Waals surface area contributed by atoms with Crippen LogP contribution in [-0.4, -0.2) is 15.9 Å². The molecule has 0 atom stereocenters. The van der Waals surface area contributed by atoms with Crippen molar-refractivity contribution < 1.29 is 4.79 Å². The smallest absolute Gasteiger partial charge is 0.232 e. The Morgan fingerprint density at radius 3 is 2.91 bits per heavy atom. The van der Waals surface area contributed by atoms with E-state index < -0.39 is 0 Å². The highest BCUT2D eigenvalue weighted by Gasteiger charge is 2.26. The number of thiophene rings is 1. The van der Waals surface area contributed by atoms with E-state index in [-0.39, 0.29) is 5.91 Å². The first-order valence-electron chi connectivity index (χ1n) is 7.01. The second kappa shape index (κ2) is 5.91. The van der Waals surface area contributed by atoms with Crippen molar-refractivity contribution in [1.29, 1.82) is 0 Å². The van der Waals surface area contributed by atoms with Crippen LogP contribution in [-0.2, 0) is 11.2 Å². The van der Waals surface area contributed by atoms with E-state index in [1.807, 2.05) is 28.3 Å². The van der Waals surface area contributed by atoms with Gasteiger partial charge in [0.15, 0.2) is 5.13 Å². The first-order chi connectivity index (χ1) is 10.8. The average molecular weight is 347 g/mol. The van der Waals surface area contributed by atoms with E-state index in [4.69, 9.17) is 0 Å². The van der Waals surface area contributed by atoms with Gasteiger partial charge in [-0.3, -0.25) is 4.79 Å². The van der Waals surface area contributed by atoms with Gasteiger partial charge in [-0.05, 0) is 24.3 Å². The molecule has 0 bridgehead atoms. The summed E-state index contributed by atoms with van der Waals surface area (Å²) in [5, 5.41) is 10.6. The molecule has 1 aliphatic rings. The van der Waals surface area contributed by atoms with Gasteiger partial charge >= 0.3 is 0 Å². The van der Waals surface area contributed by atoms with Crippen LogP contribution in [0.2, 0.25) is 0 Å². The summed E-state index contributed by atoms with van der Waals surface area (Å²) in [6.07, 6.45) is 2.74. The fourth-order valence-electron chi connectivity index (χ4n) is 2.14. The zero-order chi connectivity index (χ0) is 14.9. The maximum absolute atomic E-state index is 12.1. The zero-order valence-electron chi connectivity index (χ0n) is 11.6. The molecule has 3 aromatic heterocycles. The zero-order valence-corrected chi connectivity index (χ0v) is 14.1. The Hall–Kier alpha value is -1.57. The van der Waals surface area contributed by atoms with Gasteiger partial charge in [0.1, 0.15) is 5.01 Å². The molecule has 1 saturated carbocycles. The van der Waals surface area contributed by atoms with Crippen molar-refractivity contribution in [1.82, 2.24) is 9.97 Å². The molecule has 1 fully saturated rings. The van der Waals surface area contributed by atoms with Crippen LogP contribution in [0, 0.1) is 0 Å². The fraction of sp³-hybridized carbons (Fsp3) is 0.267. The Morgan fingerprint density at radius 2 is 2.14 bits per heavy atom. The largest absolute Gasteiger partial charge is 0.302 e. The number of nitrogens with one attached hydrogen (secondary N) is 1. The van der Waals surface area contributed by atoms with Crippen LogP contribution in [0.25, 0.3) is 9.88 Å². The topological polar surface area (TPSA) is 54.9 Å². The van der Waals surface area contributed by atoms with Gasteiger partial charge in [0.2, 0.25) is 5.91 Å². The summed E-state index contributed by atoms with van der Waals surface area (Å²) < 4.78 is 0. The highest BCUT2D eigenvalue weighted by molar-refractivity contribution is 7.20. The molecule has 0 unspecified atom stereocenters. The van der Waals surface area contributed by atoms with Gasteiger partial charge in [0.25, 0.3) is 0 Å². The van der Waals surface area contributed by atoms with E-state index in [9.17, 15) is 4.79 Å². The monoisotopic (exact) mass is 347 g/mol. The van der Waals surface area contributed by atoms with Gasteiger partial charge in [0, 0.05) is 16.7 Å². The molecule has 7 heteroatoms. The minimum Gasteiger partial charge on any atom is -0.302 e. The molecule has 3 aromatic rings. The molecule has 0 saturated heterocycles. The van der Waals surface area contributed by atoms with Gasteiger partial charge in [-0.1, -0.05) is 6.07 Å². The van der Waals surface area contributed by atoms with E-state index in [1.54, 1.807) is 22.7 Å². The van der Waals surface area contributed by atoms with E-state index in [0.717, 1.165) is 21.3 Å². The number of carbonyl (C=O) groups is 1. The molecule has 0 radical (unpaired) electrons. The van der Waals surface area contributed by atoms with Crippen LogP contribution in [0.1, 0.15) is 30.1 Å². The van der Waals surface area contributed by atoms with Crippen LogP contribution in [0.3, 0.4) is 0 Å². The molecule has 4 rings (SSSR count). The number of nitrogens with zero attached hydrogens (tertiary/aromatic N) is 2. The molecular formula is C15H13N3OS3. The second-order valence-corrected chi connectivity index (χ2v) is 7.86. The summed E-state index contributed by atoms with van der Waals surface area (Å²) in [7, 11) is 0. The maximum atomic E-state index is 12.1. The third-order valence-electron chi connectivity index (χ3n) is 3.39. The predicted molar refractivity (Wildman–Crippen MR) is 91.8 cm³/mol. The molecule has 0 spiro atoms. The lowest BCUT2D eigenvalue weighted by molar-refractivity contribution is -0.115. The normalized spacial score (nSPS) is 14.2. The van der Waals surface area contributed by atoms with Crippen LogP contribution in [0.15, 0.2) is 28.3 Å². The Morgan fingerprint density at radius 1 is 1.23 bits per heavy atom. The van der Waals surface area contributed by atoms with Gasteiger partial charge in [0.05, 0.1) is 22.7 Å². The summed E-state index contributed by atoms with van der Waals surface area (Å²) >= 11 is 4.74. The van der Waals surface area contributed by atoms with Gasteiger partial charge < -0.3 is 5.32 Å². The Labute approximate surface area is 139 Å². The highest BCUT2D eigenvalue weighted by Crippen LogP contribution is 2.40. The van der Waals surface area contributed by atoms with Crippen LogP contribution >= 0.6 is 34.0 Å². The summed E-state index contributed by atoms with van der Waals surface area (Å²) in [4.78, 5) is 22.2. The van der Waals surface area contributed by atoms with Gasteiger partial charge in [-0.2, -0.15) is 0 Å². The summed E-state index contributed by atoms with van der Waals surface area (Å²) in [6.45, 7) is 0. The van der Waals surface area contributed by atoms with Crippen LogP contribution in [0.5, 0.6) is 0 Å². The molecule has 0 aliphatic heterocycles. The summed E-state index contributed by atoms with van der Waals surface area (Å²) in [5.41, 5.74) is 1.93. The molecular weight excluding hydrogens is 334 g/mol. The summed E-state index contributed by atoms with van der Waals surface area (Å²) in [5.74, 6) is 0.563. The molecule has 112 valence electrons. The van der Waals surface area contributed by atoms with E-state index >= 15 is 0 Å². The minimum atomic E-state index is -0.0558. The van der Waals surface area contributed by atoms with Gasteiger partial charge in [-0.15, -0.1) is 34.0 Å². The number of carbonyl (C=O) groups excluding carboxylic acids is 1. The number of aromatic nitrogens is 2. The van der Waals surface area contributed by atoms with Crippen molar-refractivity contribution in [3.8, 4) is 9.88 Å². The Bertz CT molecular complexity index is 787. The van der Waals surface area contributed by atoms with Gasteiger partial charge in [-0.25, -0.2) is 9.97 Å². The Balaban J connectivity index is 1.39. The molecule has 1 N–H and O–H groups in total. The number of thiazole rings is 2. The lowest BCUT2D eigenvalue weighted by Crippen LogP contribution is -2.14. The number of rotatable bonds is 5. The lowest BCUT2D eigenvalue weighted by Gasteiger charge is -1.99. The number of amides is 1. The molecule has 22 heavy (non-hydrogen) atoms. The number of anilines is 1. The maximum Gasteiger partial charge on any atom is 0.232 e. The van der Waals surface area contributed by atoms with Crippen molar-refractivity contribution in [2.45, 2.75) is 25.2 Å². The van der Waals surface area contributed by atoms with Crippen molar-refractivity contribution in [2.24, 2.45) is 0 Å². The number of hydrogen-bond donors (Lipinski definition) is 1. The van der Waals surface area contributed by atoms with Crippen molar-refractivity contribution in [2.75, 3.05) is 5.32 Å². The SMILES string of the molecule is O=C(Cc1csc(-c2cccs2)n1)Nc1nc(C2CC2)cs1. The van der Waals surface area contributed by atoms with Crippen LogP contribution in [0.4, 0.5) is 5.13 Å². The number of hydrogen-bond acceptors (Lipinski definition) is 6. The third-order valence-corrected chi connectivity index (χ3v) is 6.10. The second-order valence-electron chi connectivity index (χ2n) is 5.20. The predicted octanol–water partition coefficient (Wildman–Crippen LogP) is 4.39. The first kappa shape index (κ1) is 14.0. The van der Waals surface area contributed by atoms with E-state index in [0.29, 0.717) is 17.5 Å². The molecule has 4 nitrogen and oxygen atoms in total. The first-order valence-corrected chi connectivity index (χ1v) is 9.65. The highest BCUT2D eigenvalue weighted by atomic mass is 32.1. The molecule has 0 aromatic carbocycles. The average Bonchev–Trinajstić information content (AvgIpc) is 2.95. The van der Waals surface area contributed by atoms with E-state index in [2.05, 4.69) is 15.3 Å². The summed E-state index contributed by atoms with van der Waals surface area (Å²) in [6, 6.07) is 4.05. The quantitative estimate of drug-likeness (QED) is 0.745.